The highest BCUT2D eigenvalue weighted by Gasteiger charge is 2.41. The number of alkyl halides is 1. The quantitative estimate of drug-likeness (QED) is 0.384. The van der Waals surface area contributed by atoms with Crippen LogP contribution >= 0.6 is 38.5 Å². The van der Waals surface area contributed by atoms with Crippen molar-refractivity contribution in [1.29, 1.82) is 0 Å². The fourth-order valence-electron chi connectivity index (χ4n) is 2.23. The Morgan fingerprint density at radius 2 is 2.25 bits per heavy atom. The Morgan fingerprint density at radius 3 is 2.88 bits per heavy atom. The van der Waals surface area contributed by atoms with Gasteiger partial charge in [0.15, 0.2) is 5.69 Å². The third-order valence-corrected chi connectivity index (χ3v) is 5.43. The van der Waals surface area contributed by atoms with Gasteiger partial charge in [0.1, 0.15) is 0 Å². The molecule has 0 saturated heterocycles. The Morgan fingerprint density at radius 1 is 1.50 bits per heavy atom. The molecular formula is C16H15BrIN3O3. The second kappa shape index (κ2) is 7.22. The maximum atomic E-state index is 12.2. The van der Waals surface area contributed by atoms with Gasteiger partial charge in [-0.3, -0.25) is 4.79 Å². The maximum absolute atomic E-state index is 12.2. The minimum Gasteiger partial charge on any atom is -0.461 e. The molecule has 1 heterocycles. The Balaban J connectivity index is 1.92. The molecule has 1 fully saturated rings. The molecule has 0 bridgehead atoms. The van der Waals surface area contributed by atoms with Crippen LogP contribution in [-0.2, 0) is 9.53 Å². The summed E-state index contributed by atoms with van der Waals surface area (Å²) in [6, 6.07) is 7.50. The van der Waals surface area contributed by atoms with Gasteiger partial charge in [-0.05, 0) is 31.5 Å². The van der Waals surface area contributed by atoms with Gasteiger partial charge in [0.2, 0.25) is 5.91 Å². The van der Waals surface area contributed by atoms with Crippen LogP contribution in [0.4, 0.5) is 5.69 Å². The lowest BCUT2D eigenvalue weighted by molar-refractivity contribution is -0.117. The largest absolute Gasteiger partial charge is 0.461 e. The number of benzene rings is 1. The van der Waals surface area contributed by atoms with E-state index >= 15 is 0 Å². The number of anilines is 1. The molecule has 1 N–H and O–H groups in total. The van der Waals surface area contributed by atoms with Gasteiger partial charge in [0.05, 0.1) is 30.1 Å². The Hall–Kier alpha value is -1.42. The first-order valence-electron chi connectivity index (χ1n) is 7.47. The zero-order valence-corrected chi connectivity index (χ0v) is 16.6. The zero-order chi connectivity index (χ0) is 17.3. The summed E-state index contributed by atoms with van der Waals surface area (Å²) < 4.78 is 7.85. The molecule has 1 amide bonds. The monoisotopic (exact) mass is 503 g/mol. The molecular weight excluding hydrogens is 489 g/mol. The number of hydrogen-bond donors (Lipinski definition) is 1. The molecule has 126 valence electrons. The minimum atomic E-state index is -0.552. The molecule has 1 aromatic carbocycles. The van der Waals surface area contributed by atoms with E-state index in [1.807, 2.05) is 24.3 Å². The van der Waals surface area contributed by atoms with E-state index in [1.54, 1.807) is 17.8 Å². The number of hydrogen-bond acceptors (Lipinski definition) is 4. The van der Waals surface area contributed by atoms with Crippen molar-refractivity contribution < 1.29 is 14.3 Å². The van der Waals surface area contributed by atoms with E-state index in [2.05, 4.69) is 48.9 Å². The smallest absolute Gasteiger partial charge is 0.361 e. The number of esters is 1. The summed E-state index contributed by atoms with van der Waals surface area (Å²) in [6.07, 6.45) is 2.50. The highest BCUT2D eigenvalue weighted by Crippen LogP contribution is 2.39. The van der Waals surface area contributed by atoms with Gasteiger partial charge in [0, 0.05) is 8.40 Å². The predicted molar refractivity (Wildman–Crippen MR) is 102 cm³/mol. The molecule has 1 aromatic heterocycles. The van der Waals surface area contributed by atoms with Crippen LogP contribution in [0.1, 0.15) is 23.8 Å². The summed E-state index contributed by atoms with van der Waals surface area (Å²) in [5.41, 5.74) is 1.25. The molecule has 1 aliphatic carbocycles. The predicted octanol–water partition coefficient (Wildman–Crippen LogP) is 3.57. The number of nitrogens with one attached hydrogen (secondary N) is 1. The van der Waals surface area contributed by atoms with Crippen molar-refractivity contribution >= 4 is 56.1 Å². The molecule has 0 radical (unpaired) electrons. The number of nitrogens with zero attached hydrogens (tertiary/aromatic N) is 2. The first kappa shape index (κ1) is 17.4. The number of rotatable bonds is 5. The van der Waals surface area contributed by atoms with Crippen LogP contribution in [0.15, 0.2) is 34.9 Å². The lowest BCUT2D eigenvalue weighted by Crippen LogP contribution is -2.17. The normalized spacial score (nSPS) is 19.0. The van der Waals surface area contributed by atoms with Crippen LogP contribution in [0.25, 0.3) is 5.69 Å². The maximum Gasteiger partial charge on any atom is 0.361 e. The molecule has 6 nitrogen and oxygen atoms in total. The number of carbonyl (C=O) groups excluding carboxylic acids is 2. The molecule has 1 aliphatic rings. The summed E-state index contributed by atoms with van der Waals surface area (Å²) in [4.78, 5) is 24.4. The summed E-state index contributed by atoms with van der Waals surface area (Å²) in [6.45, 7) is 1.97. The van der Waals surface area contributed by atoms with Crippen LogP contribution in [0.3, 0.4) is 0 Å². The molecule has 8 heteroatoms. The first-order chi connectivity index (χ1) is 11.5. The first-order valence-corrected chi connectivity index (χ1v) is 9.51. The molecule has 1 saturated carbocycles. The van der Waals surface area contributed by atoms with Gasteiger partial charge < -0.3 is 10.1 Å². The van der Waals surface area contributed by atoms with E-state index in [9.17, 15) is 9.59 Å². The van der Waals surface area contributed by atoms with Crippen molar-refractivity contribution in [3.63, 3.8) is 0 Å². The van der Waals surface area contributed by atoms with Crippen LogP contribution < -0.4 is 5.32 Å². The highest BCUT2D eigenvalue weighted by molar-refractivity contribution is 14.1. The van der Waals surface area contributed by atoms with Gasteiger partial charge in [-0.1, -0.05) is 44.6 Å². The van der Waals surface area contributed by atoms with Crippen LogP contribution in [-0.4, -0.2) is 32.2 Å². The number of carbonyl (C=O) groups is 2. The summed E-state index contributed by atoms with van der Waals surface area (Å²) in [5, 5.41) is 7.10. The van der Waals surface area contributed by atoms with Crippen LogP contribution in [0.5, 0.6) is 0 Å². The molecule has 0 aliphatic heterocycles. The SMILES string of the molecule is CCOC(=O)c1nn(-c2cccc(Br)c2)cc1NC(=O)C1CC1I. The Kier molecular flexibility index (Phi) is 5.24. The Bertz CT molecular complexity index is 793. The second-order valence-electron chi connectivity index (χ2n) is 5.38. The van der Waals surface area contributed by atoms with Crippen molar-refractivity contribution in [3.05, 3.63) is 40.6 Å². The lowest BCUT2D eigenvalue weighted by atomic mass is 10.3. The van der Waals surface area contributed by atoms with Gasteiger partial charge in [-0.2, -0.15) is 5.10 Å². The van der Waals surface area contributed by atoms with E-state index in [0.29, 0.717) is 9.61 Å². The molecule has 2 aromatic rings. The zero-order valence-electron chi connectivity index (χ0n) is 12.8. The third kappa shape index (κ3) is 3.80. The van der Waals surface area contributed by atoms with Crippen LogP contribution in [0, 0.1) is 5.92 Å². The van der Waals surface area contributed by atoms with Crippen molar-refractivity contribution in [1.82, 2.24) is 9.78 Å². The summed E-state index contributed by atoms with van der Waals surface area (Å²) >= 11 is 5.66. The topological polar surface area (TPSA) is 73.2 Å². The Labute approximate surface area is 161 Å². The van der Waals surface area contributed by atoms with Crippen molar-refractivity contribution in [2.75, 3.05) is 11.9 Å². The second-order valence-corrected chi connectivity index (χ2v) is 7.90. The van der Waals surface area contributed by atoms with Gasteiger partial charge in [0.25, 0.3) is 0 Å². The number of aromatic nitrogens is 2. The van der Waals surface area contributed by atoms with Crippen molar-refractivity contribution in [3.8, 4) is 5.69 Å². The minimum absolute atomic E-state index is 0.00475. The average molecular weight is 504 g/mol. The lowest BCUT2D eigenvalue weighted by Gasteiger charge is -2.03. The molecule has 3 rings (SSSR count). The third-order valence-electron chi connectivity index (χ3n) is 3.56. The average Bonchev–Trinajstić information content (AvgIpc) is 3.13. The van der Waals surface area contributed by atoms with E-state index in [4.69, 9.17) is 4.74 Å². The molecule has 2 atom stereocenters. The summed E-state index contributed by atoms with van der Waals surface area (Å²) in [5.74, 6) is -0.646. The standard InChI is InChI=1S/C16H15BrIN3O3/c1-2-24-16(23)14-13(19-15(22)11-7-12(11)18)8-21(20-14)10-5-3-4-9(17)6-10/h3-6,8,11-12H,2,7H2,1H3,(H,19,22). The van der Waals surface area contributed by atoms with Crippen LogP contribution in [0.2, 0.25) is 0 Å². The van der Waals surface area contributed by atoms with E-state index in [-0.39, 0.29) is 24.1 Å². The summed E-state index contributed by atoms with van der Waals surface area (Å²) in [7, 11) is 0. The molecule has 2 unspecified atom stereocenters. The highest BCUT2D eigenvalue weighted by atomic mass is 127. The molecule has 24 heavy (non-hydrogen) atoms. The number of amides is 1. The van der Waals surface area contributed by atoms with E-state index < -0.39 is 5.97 Å². The van der Waals surface area contributed by atoms with E-state index in [0.717, 1.165) is 16.6 Å². The van der Waals surface area contributed by atoms with Crippen molar-refractivity contribution in [2.24, 2.45) is 5.92 Å². The number of halogens is 2. The van der Waals surface area contributed by atoms with Gasteiger partial charge >= 0.3 is 5.97 Å². The van der Waals surface area contributed by atoms with Gasteiger partial charge in [-0.15, -0.1) is 0 Å². The fourth-order valence-corrected chi connectivity index (χ4v) is 3.49. The molecule has 0 spiro atoms. The van der Waals surface area contributed by atoms with E-state index in [1.165, 1.54) is 0 Å². The van der Waals surface area contributed by atoms with Crippen molar-refractivity contribution in [2.45, 2.75) is 17.3 Å². The number of ether oxygens (including phenoxy) is 1. The van der Waals surface area contributed by atoms with Gasteiger partial charge in [-0.25, -0.2) is 9.48 Å². The fraction of sp³-hybridized carbons (Fsp3) is 0.312.